The first kappa shape index (κ1) is 19.7. The molecule has 1 amide bonds. The molecule has 3 aliphatic carbocycles. The molecule has 3 saturated carbocycles. The van der Waals surface area contributed by atoms with Crippen molar-refractivity contribution in [3.63, 3.8) is 0 Å². The number of nitriles is 1. The summed E-state index contributed by atoms with van der Waals surface area (Å²) in [5.74, 6) is 3.29. The van der Waals surface area contributed by atoms with Gasteiger partial charge in [0, 0.05) is 30.3 Å². The smallest absolute Gasteiger partial charge is 0.227 e. The lowest BCUT2D eigenvalue weighted by molar-refractivity contribution is -0.122. The molecule has 1 aliphatic heterocycles. The number of amides is 1. The largest absolute Gasteiger partial charge is 0.328 e. The molecule has 0 bridgehead atoms. The lowest BCUT2D eigenvalue weighted by Crippen LogP contribution is -2.44. The van der Waals surface area contributed by atoms with Crippen molar-refractivity contribution in [3.05, 3.63) is 53.9 Å². The molecule has 6 rings (SSSR count). The minimum absolute atomic E-state index is 0.0457. The first-order chi connectivity index (χ1) is 15.7. The van der Waals surface area contributed by atoms with Gasteiger partial charge >= 0.3 is 0 Å². The summed E-state index contributed by atoms with van der Waals surface area (Å²) in [4.78, 5) is 17.7. The number of carbonyl (C=O) groups is 1. The molecule has 2 heterocycles. The quantitative estimate of drug-likeness (QED) is 0.714. The van der Waals surface area contributed by atoms with Gasteiger partial charge in [0.25, 0.3) is 0 Å². The molecule has 1 aromatic heterocycles. The van der Waals surface area contributed by atoms with Crippen LogP contribution in [-0.2, 0) is 4.79 Å². The lowest BCUT2D eigenvalue weighted by atomic mass is 9.56. The lowest BCUT2D eigenvalue weighted by Gasteiger charge is -2.51. The highest BCUT2D eigenvalue weighted by Crippen LogP contribution is 2.58. The average Bonchev–Trinajstić information content (AvgIpc) is 3.46. The van der Waals surface area contributed by atoms with E-state index < -0.39 is 5.82 Å². The predicted octanol–water partition coefficient (Wildman–Crippen LogP) is 5.18. The van der Waals surface area contributed by atoms with Crippen LogP contribution < -0.4 is 5.32 Å². The van der Waals surface area contributed by atoms with Crippen LogP contribution in [0.2, 0.25) is 0 Å². The molecule has 0 spiro atoms. The summed E-state index contributed by atoms with van der Waals surface area (Å²) in [5.41, 5.74) is 0.207. The Labute approximate surface area is 187 Å². The van der Waals surface area contributed by atoms with Gasteiger partial charge in [0.1, 0.15) is 23.3 Å². The summed E-state index contributed by atoms with van der Waals surface area (Å²) in [6, 6.07) is 6.81. The number of allylic oxidation sites excluding steroid dienone is 1. The minimum atomic E-state index is -0.589. The Morgan fingerprint density at radius 3 is 2.75 bits per heavy atom. The number of carbonyl (C=O) groups excluding carboxylic acids is 1. The summed E-state index contributed by atoms with van der Waals surface area (Å²) in [6.45, 7) is 0. The Morgan fingerprint density at radius 1 is 1.09 bits per heavy atom. The van der Waals surface area contributed by atoms with Crippen molar-refractivity contribution in [1.29, 1.82) is 5.26 Å². The summed E-state index contributed by atoms with van der Waals surface area (Å²) < 4.78 is 16.3. The summed E-state index contributed by atoms with van der Waals surface area (Å²) >= 11 is 0. The maximum Gasteiger partial charge on any atom is 0.227 e. The molecule has 1 N–H and O–H groups in total. The maximum absolute atomic E-state index is 14.0. The van der Waals surface area contributed by atoms with Crippen LogP contribution in [0.25, 0.3) is 6.08 Å². The molecule has 3 fully saturated rings. The van der Waals surface area contributed by atoms with E-state index >= 15 is 0 Å². The third-order valence-corrected chi connectivity index (χ3v) is 8.79. The number of nitrogens with zero attached hydrogens (tertiary/aromatic N) is 3. The van der Waals surface area contributed by atoms with Gasteiger partial charge in [-0.25, -0.2) is 9.37 Å². The molecular weight excluding hydrogens is 403 g/mol. The summed E-state index contributed by atoms with van der Waals surface area (Å²) in [6.07, 6.45) is 15.2. The number of hydrogen-bond acceptors (Lipinski definition) is 3. The molecule has 2 aromatic rings. The number of hydrogen-bond donors (Lipinski definition) is 1. The fraction of sp³-hybridized carbons (Fsp3) is 0.500. The van der Waals surface area contributed by atoms with Gasteiger partial charge in [-0.05, 0) is 80.4 Å². The van der Waals surface area contributed by atoms with Crippen LogP contribution in [-0.4, -0.2) is 15.5 Å². The standard InChI is InChI=1S/C26H27FN4O/c27-22-2-1-3-23(21(22)14-28)30-26(32)20-7-6-15-16-8-10-24-19(17(16)4-5-18(15)20)9-11-25-29-12-13-31(24)25/h1-3,9,11-13,15-20,24H,4-8,10H2,(H,30,32)/t15-,16-,17-,18-,19+,20+,24?/m0/s1. The van der Waals surface area contributed by atoms with E-state index in [0.717, 1.165) is 31.5 Å². The topological polar surface area (TPSA) is 70.7 Å². The monoisotopic (exact) mass is 430 g/mol. The van der Waals surface area contributed by atoms with Gasteiger partial charge in [-0.2, -0.15) is 5.26 Å². The van der Waals surface area contributed by atoms with Gasteiger partial charge < -0.3 is 9.88 Å². The first-order valence-corrected chi connectivity index (χ1v) is 11.9. The van der Waals surface area contributed by atoms with Gasteiger partial charge in [-0.3, -0.25) is 4.79 Å². The number of rotatable bonds is 2. The van der Waals surface area contributed by atoms with Crippen molar-refractivity contribution in [2.45, 2.75) is 44.6 Å². The molecule has 1 aromatic carbocycles. The Bertz CT molecular complexity index is 1130. The van der Waals surface area contributed by atoms with Crippen molar-refractivity contribution in [2.75, 3.05) is 5.32 Å². The molecule has 7 atom stereocenters. The summed E-state index contributed by atoms with van der Waals surface area (Å²) in [7, 11) is 0. The predicted molar refractivity (Wildman–Crippen MR) is 119 cm³/mol. The Morgan fingerprint density at radius 2 is 1.88 bits per heavy atom. The van der Waals surface area contributed by atoms with Crippen molar-refractivity contribution in [1.82, 2.24) is 9.55 Å². The molecule has 4 aliphatic rings. The van der Waals surface area contributed by atoms with E-state index in [1.807, 2.05) is 12.3 Å². The number of nitrogens with one attached hydrogen (secondary N) is 1. The van der Waals surface area contributed by atoms with Crippen molar-refractivity contribution >= 4 is 17.7 Å². The van der Waals surface area contributed by atoms with E-state index in [2.05, 4.69) is 33.2 Å². The third kappa shape index (κ3) is 2.94. The maximum atomic E-state index is 14.0. The third-order valence-electron chi connectivity index (χ3n) is 8.79. The van der Waals surface area contributed by atoms with Gasteiger partial charge in [0.15, 0.2) is 0 Å². The van der Waals surface area contributed by atoms with E-state index in [1.54, 1.807) is 6.07 Å². The van der Waals surface area contributed by atoms with E-state index in [9.17, 15) is 14.4 Å². The second-order valence-corrected chi connectivity index (χ2v) is 9.95. The number of imidazole rings is 1. The first-order valence-electron chi connectivity index (χ1n) is 11.9. The number of fused-ring (bicyclic) bond motifs is 7. The number of anilines is 1. The van der Waals surface area contributed by atoms with E-state index in [1.165, 1.54) is 25.0 Å². The Kier molecular flexibility index (Phi) is 4.67. The van der Waals surface area contributed by atoms with E-state index in [-0.39, 0.29) is 17.4 Å². The normalized spacial score (nSPS) is 34.6. The fourth-order valence-electron chi connectivity index (χ4n) is 7.53. The highest BCUT2D eigenvalue weighted by atomic mass is 19.1. The molecule has 0 saturated heterocycles. The molecule has 5 nitrogen and oxygen atoms in total. The second kappa shape index (κ2) is 7.58. The van der Waals surface area contributed by atoms with Crippen LogP contribution in [0, 0.1) is 52.7 Å². The average molecular weight is 431 g/mol. The highest BCUT2D eigenvalue weighted by molar-refractivity contribution is 5.94. The van der Waals surface area contributed by atoms with Crippen LogP contribution in [0.3, 0.4) is 0 Å². The van der Waals surface area contributed by atoms with Gasteiger partial charge in [-0.15, -0.1) is 0 Å². The summed E-state index contributed by atoms with van der Waals surface area (Å²) in [5, 5.41) is 12.2. The van der Waals surface area contributed by atoms with Crippen molar-refractivity contribution in [3.8, 4) is 6.07 Å². The zero-order valence-corrected chi connectivity index (χ0v) is 18.0. The van der Waals surface area contributed by atoms with E-state index in [4.69, 9.17) is 0 Å². The van der Waals surface area contributed by atoms with Gasteiger partial charge in [-0.1, -0.05) is 12.1 Å². The molecule has 1 unspecified atom stereocenters. The molecule has 164 valence electrons. The van der Waals surface area contributed by atoms with Crippen LogP contribution in [0.4, 0.5) is 10.1 Å². The van der Waals surface area contributed by atoms with Gasteiger partial charge in [0.05, 0.1) is 5.69 Å². The Balaban J connectivity index is 1.19. The minimum Gasteiger partial charge on any atom is -0.328 e. The van der Waals surface area contributed by atoms with Crippen LogP contribution in [0.5, 0.6) is 0 Å². The van der Waals surface area contributed by atoms with Crippen molar-refractivity contribution in [2.24, 2.45) is 35.5 Å². The molecular formula is C26H27FN4O. The number of aromatic nitrogens is 2. The molecule has 6 heteroatoms. The van der Waals surface area contributed by atoms with Crippen LogP contribution in [0.1, 0.15) is 56.0 Å². The highest BCUT2D eigenvalue weighted by Gasteiger charge is 2.52. The SMILES string of the molecule is N#Cc1c(F)cccc1NC(=O)[C@@H]1CC[C@H]2[C@@H]3CCC4[C@H](C=Cc5nccn54)[C@H]3CC[C@@H]21. The van der Waals surface area contributed by atoms with Crippen molar-refractivity contribution < 1.29 is 9.18 Å². The Hall–Kier alpha value is -2.94. The fourth-order valence-corrected chi connectivity index (χ4v) is 7.53. The molecule has 32 heavy (non-hydrogen) atoms. The zero-order valence-electron chi connectivity index (χ0n) is 18.0. The van der Waals surface area contributed by atoms with Gasteiger partial charge in [0.2, 0.25) is 5.91 Å². The second-order valence-electron chi connectivity index (χ2n) is 9.95. The zero-order chi connectivity index (χ0) is 21.8. The van der Waals surface area contributed by atoms with Crippen LogP contribution >= 0.6 is 0 Å². The number of halogens is 1. The molecule has 0 radical (unpaired) electrons. The van der Waals surface area contributed by atoms with E-state index in [0.29, 0.717) is 41.3 Å². The number of benzene rings is 1. The van der Waals surface area contributed by atoms with Crippen LogP contribution in [0.15, 0.2) is 36.7 Å².